The molecule has 4 amide bonds. The van der Waals surface area contributed by atoms with Gasteiger partial charge in [-0.15, -0.1) is 0 Å². The van der Waals surface area contributed by atoms with Crippen molar-refractivity contribution >= 4 is 29.6 Å². The molecule has 1 saturated heterocycles. The molecule has 0 unspecified atom stereocenters. The van der Waals surface area contributed by atoms with E-state index in [1.807, 2.05) is 84.9 Å². The second-order valence-corrected chi connectivity index (χ2v) is 8.45. The second kappa shape index (κ2) is 13.2. The van der Waals surface area contributed by atoms with Gasteiger partial charge in [-0.05, 0) is 34.9 Å². The van der Waals surface area contributed by atoms with E-state index in [-0.39, 0.29) is 5.57 Å². The molecule has 3 aromatic carbocycles. The molecule has 0 saturated carbocycles. The number of carbonyl (C=O) groups is 3. The number of anilines is 1. The molecule has 190 valence electrons. The molecule has 4 rings (SSSR count). The Morgan fingerprint density at radius 1 is 0.649 bits per heavy atom. The molecule has 1 aliphatic heterocycles. The van der Waals surface area contributed by atoms with Crippen molar-refractivity contribution in [2.24, 2.45) is 0 Å². The molecule has 0 spiro atoms. The summed E-state index contributed by atoms with van der Waals surface area (Å²) in [5.41, 5.74) is 3.75. The fourth-order valence-corrected chi connectivity index (χ4v) is 3.80. The van der Waals surface area contributed by atoms with E-state index in [1.165, 1.54) is 6.08 Å². The van der Waals surface area contributed by atoms with Gasteiger partial charge >= 0.3 is 6.03 Å². The summed E-state index contributed by atoms with van der Waals surface area (Å²) < 4.78 is 11.8. The monoisotopic (exact) mass is 499 g/mol. The molecule has 0 radical (unpaired) electrons. The quantitative estimate of drug-likeness (QED) is 0.224. The first-order valence-electron chi connectivity index (χ1n) is 12.1. The number of nitrogens with zero attached hydrogens (tertiary/aromatic N) is 1. The molecule has 0 aromatic heterocycles. The number of ether oxygens (including phenoxy) is 2. The van der Waals surface area contributed by atoms with E-state index in [2.05, 4.69) is 15.5 Å². The van der Waals surface area contributed by atoms with Crippen molar-refractivity contribution in [3.63, 3.8) is 0 Å². The molecular weight excluding hydrogens is 470 g/mol. The summed E-state index contributed by atoms with van der Waals surface area (Å²) in [6, 6.07) is 26.7. The SMILES string of the molecule is O=C1NC(=O)C(=Cc2ccc(N(CCOCc3ccccc3)CCOCc3ccccc3)cc2)C(=O)N1. The maximum Gasteiger partial charge on any atom is 0.328 e. The summed E-state index contributed by atoms with van der Waals surface area (Å²) in [4.78, 5) is 37.4. The zero-order valence-electron chi connectivity index (χ0n) is 20.4. The smallest absolute Gasteiger partial charge is 0.328 e. The van der Waals surface area contributed by atoms with Crippen molar-refractivity contribution in [1.29, 1.82) is 0 Å². The number of nitrogens with one attached hydrogen (secondary N) is 2. The predicted octanol–water partition coefficient (Wildman–Crippen LogP) is 3.68. The molecule has 1 fully saturated rings. The van der Waals surface area contributed by atoms with Crippen LogP contribution in [0.15, 0.2) is 90.5 Å². The second-order valence-electron chi connectivity index (χ2n) is 8.45. The standard InChI is InChI=1S/C29H29N3O5/c33-27-26(28(34)31-29(35)30-27)19-22-11-13-25(14-12-22)32(15-17-36-20-23-7-3-1-4-8-23)16-18-37-21-24-9-5-2-6-10-24/h1-14,19H,15-18,20-21H2,(H2,30,31,33,34,35). The van der Waals surface area contributed by atoms with Gasteiger partial charge in [0, 0.05) is 18.8 Å². The Balaban J connectivity index is 1.37. The fourth-order valence-electron chi connectivity index (χ4n) is 3.80. The van der Waals surface area contributed by atoms with Crippen LogP contribution in [0.3, 0.4) is 0 Å². The Hall–Kier alpha value is -4.27. The van der Waals surface area contributed by atoms with Gasteiger partial charge in [-0.3, -0.25) is 20.2 Å². The number of imide groups is 2. The van der Waals surface area contributed by atoms with Crippen molar-refractivity contribution in [2.45, 2.75) is 13.2 Å². The molecule has 8 heteroatoms. The van der Waals surface area contributed by atoms with Gasteiger partial charge in [0.1, 0.15) is 5.57 Å². The van der Waals surface area contributed by atoms with Gasteiger partial charge in [-0.1, -0.05) is 72.8 Å². The number of urea groups is 1. The summed E-state index contributed by atoms with van der Waals surface area (Å²) in [6.45, 7) is 3.47. The lowest BCUT2D eigenvalue weighted by Crippen LogP contribution is -2.51. The normalized spacial score (nSPS) is 13.2. The molecular formula is C29H29N3O5. The predicted molar refractivity (Wildman–Crippen MR) is 141 cm³/mol. The molecule has 1 heterocycles. The van der Waals surface area contributed by atoms with Crippen molar-refractivity contribution < 1.29 is 23.9 Å². The van der Waals surface area contributed by atoms with Gasteiger partial charge in [-0.2, -0.15) is 0 Å². The molecule has 0 atom stereocenters. The van der Waals surface area contributed by atoms with Gasteiger partial charge < -0.3 is 14.4 Å². The van der Waals surface area contributed by atoms with Gasteiger partial charge in [-0.25, -0.2) is 4.79 Å². The molecule has 0 aliphatic carbocycles. The maximum absolute atomic E-state index is 12.0. The highest BCUT2D eigenvalue weighted by molar-refractivity contribution is 6.31. The molecule has 8 nitrogen and oxygen atoms in total. The van der Waals surface area contributed by atoms with Crippen molar-refractivity contribution in [3.05, 3.63) is 107 Å². The van der Waals surface area contributed by atoms with Crippen LogP contribution >= 0.6 is 0 Å². The summed E-state index contributed by atoms with van der Waals surface area (Å²) in [5, 5.41) is 4.15. The lowest BCUT2D eigenvalue weighted by molar-refractivity contribution is -0.123. The van der Waals surface area contributed by atoms with Gasteiger partial charge in [0.15, 0.2) is 0 Å². The van der Waals surface area contributed by atoms with E-state index in [4.69, 9.17) is 9.47 Å². The molecule has 1 aliphatic rings. The van der Waals surface area contributed by atoms with E-state index < -0.39 is 17.8 Å². The van der Waals surface area contributed by atoms with E-state index in [9.17, 15) is 14.4 Å². The number of rotatable bonds is 12. The minimum Gasteiger partial charge on any atom is -0.375 e. The summed E-state index contributed by atoms with van der Waals surface area (Å²) in [6.07, 6.45) is 1.46. The molecule has 3 aromatic rings. The third-order valence-corrected chi connectivity index (χ3v) is 5.75. The number of carbonyl (C=O) groups excluding carboxylic acids is 3. The third kappa shape index (κ3) is 7.86. The van der Waals surface area contributed by atoms with Crippen LogP contribution in [0.25, 0.3) is 6.08 Å². The Morgan fingerprint density at radius 2 is 1.14 bits per heavy atom. The number of hydrogen-bond acceptors (Lipinski definition) is 6. The first kappa shape index (κ1) is 25.8. The van der Waals surface area contributed by atoms with Crippen LogP contribution in [0.1, 0.15) is 16.7 Å². The third-order valence-electron chi connectivity index (χ3n) is 5.75. The lowest BCUT2D eigenvalue weighted by atomic mass is 10.1. The van der Waals surface area contributed by atoms with Crippen LogP contribution in [-0.2, 0) is 32.3 Å². The van der Waals surface area contributed by atoms with E-state index in [0.717, 1.165) is 16.8 Å². The van der Waals surface area contributed by atoms with E-state index >= 15 is 0 Å². The highest BCUT2D eigenvalue weighted by Gasteiger charge is 2.27. The van der Waals surface area contributed by atoms with Crippen LogP contribution in [-0.4, -0.2) is 44.1 Å². The first-order valence-corrected chi connectivity index (χ1v) is 12.1. The summed E-state index contributed by atoms with van der Waals surface area (Å²) in [7, 11) is 0. The average Bonchev–Trinajstić information content (AvgIpc) is 2.91. The van der Waals surface area contributed by atoms with Crippen LogP contribution in [0.5, 0.6) is 0 Å². The average molecular weight is 500 g/mol. The van der Waals surface area contributed by atoms with Crippen LogP contribution in [0.4, 0.5) is 10.5 Å². The summed E-state index contributed by atoms with van der Waals surface area (Å²) in [5.74, 6) is -1.43. The lowest BCUT2D eigenvalue weighted by Gasteiger charge is -2.25. The Labute approximate surface area is 215 Å². The highest BCUT2D eigenvalue weighted by Crippen LogP contribution is 2.18. The van der Waals surface area contributed by atoms with Crippen LogP contribution in [0, 0.1) is 0 Å². The number of benzene rings is 3. The van der Waals surface area contributed by atoms with E-state index in [1.54, 1.807) is 0 Å². The number of barbiturate groups is 1. The number of hydrogen-bond donors (Lipinski definition) is 2. The highest BCUT2D eigenvalue weighted by atomic mass is 16.5. The van der Waals surface area contributed by atoms with Crippen molar-refractivity contribution in [2.75, 3.05) is 31.2 Å². The fraction of sp³-hybridized carbons (Fsp3) is 0.207. The Kier molecular flexibility index (Phi) is 9.18. The maximum atomic E-state index is 12.0. The van der Waals surface area contributed by atoms with Gasteiger partial charge in [0.25, 0.3) is 11.8 Å². The topological polar surface area (TPSA) is 97.0 Å². The van der Waals surface area contributed by atoms with E-state index in [0.29, 0.717) is 45.1 Å². The zero-order valence-corrected chi connectivity index (χ0v) is 20.4. The largest absolute Gasteiger partial charge is 0.375 e. The Bertz CT molecular complexity index is 1160. The van der Waals surface area contributed by atoms with Crippen molar-refractivity contribution in [1.82, 2.24) is 10.6 Å². The van der Waals surface area contributed by atoms with Crippen LogP contribution in [0.2, 0.25) is 0 Å². The van der Waals surface area contributed by atoms with Gasteiger partial charge in [0.2, 0.25) is 0 Å². The summed E-state index contributed by atoms with van der Waals surface area (Å²) >= 11 is 0. The van der Waals surface area contributed by atoms with Crippen molar-refractivity contribution in [3.8, 4) is 0 Å². The van der Waals surface area contributed by atoms with Gasteiger partial charge in [0.05, 0.1) is 26.4 Å². The minimum atomic E-state index is -0.817. The first-order chi connectivity index (χ1) is 18.1. The molecule has 2 N–H and O–H groups in total. The number of amides is 4. The molecule has 0 bridgehead atoms. The molecule has 37 heavy (non-hydrogen) atoms. The van der Waals surface area contributed by atoms with Crippen LogP contribution < -0.4 is 15.5 Å². The Morgan fingerprint density at radius 3 is 1.62 bits per heavy atom. The zero-order chi connectivity index (χ0) is 25.9. The minimum absolute atomic E-state index is 0.118.